The molecular formula is C18H30BrNO2. The minimum atomic E-state index is -0.285. The molecule has 0 aliphatic carbocycles. The third kappa shape index (κ3) is 6.27. The van der Waals surface area contributed by atoms with Crippen molar-refractivity contribution in [3.05, 3.63) is 29.3 Å². The number of aliphatic hydroxyl groups is 1. The maximum Gasteiger partial charge on any atom is 0.125 e. The number of hydrogen-bond donors (Lipinski definition) is 1. The summed E-state index contributed by atoms with van der Waals surface area (Å²) in [7, 11) is 0. The summed E-state index contributed by atoms with van der Waals surface area (Å²) in [5, 5.41) is 10.2. The zero-order valence-corrected chi connectivity index (χ0v) is 15.6. The monoisotopic (exact) mass is 371 g/mol. The lowest BCUT2D eigenvalue weighted by atomic mass is 10.1. The Hall–Kier alpha value is -0.580. The van der Waals surface area contributed by atoms with Crippen molar-refractivity contribution < 1.29 is 9.84 Å². The molecule has 4 heteroatoms. The maximum atomic E-state index is 10.2. The van der Waals surface area contributed by atoms with Crippen LogP contribution in [0.4, 0.5) is 0 Å². The van der Waals surface area contributed by atoms with Gasteiger partial charge in [-0.05, 0) is 50.9 Å². The lowest BCUT2D eigenvalue weighted by Gasteiger charge is -2.23. The van der Waals surface area contributed by atoms with Gasteiger partial charge < -0.3 is 14.7 Å². The van der Waals surface area contributed by atoms with E-state index in [4.69, 9.17) is 4.74 Å². The van der Waals surface area contributed by atoms with Gasteiger partial charge in [0.05, 0.1) is 12.7 Å². The van der Waals surface area contributed by atoms with E-state index < -0.39 is 0 Å². The molecule has 1 fully saturated rings. The number of nitrogens with zero attached hydrogens (tertiary/aromatic N) is 1. The number of likely N-dealkylation sites (tertiary alicyclic amines) is 1. The number of rotatable bonds is 6. The largest absolute Gasteiger partial charge is 0.493 e. The Labute approximate surface area is 145 Å². The van der Waals surface area contributed by atoms with Crippen molar-refractivity contribution in [2.75, 3.05) is 26.2 Å². The highest BCUT2D eigenvalue weighted by Gasteiger charge is 2.14. The topological polar surface area (TPSA) is 32.7 Å². The van der Waals surface area contributed by atoms with Crippen LogP contribution in [0.5, 0.6) is 5.75 Å². The minimum Gasteiger partial charge on any atom is -0.493 e. The number of aliphatic hydroxyl groups excluding tert-OH is 1. The number of β-amino-alcohol motifs (C(OH)–C–C–N with tert-alkyl or cyclic N) is 1. The molecule has 0 unspecified atom stereocenters. The molecule has 1 aliphatic rings. The number of hydrogen-bond acceptors (Lipinski definition) is 3. The zero-order valence-electron chi connectivity index (χ0n) is 13.9. The molecule has 1 N–H and O–H groups in total. The highest BCUT2D eigenvalue weighted by molar-refractivity contribution is 8.93. The molecule has 22 heavy (non-hydrogen) atoms. The van der Waals surface area contributed by atoms with Gasteiger partial charge in [-0.1, -0.05) is 31.0 Å². The van der Waals surface area contributed by atoms with Gasteiger partial charge in [0, 0.05) is 13.0 Å². The van der Waals surface area contributed by atoms with Crippen molar-refractivity contribution >= 4 is 17.0 Å². The molecule has 2 rings (SSSR count). The van der Waals surface area contributed by atoms with Gasteiger partial charge >= 0.3 is 0 Å². The second-order valence-electron chi connectivity index (χ2n) is 6.23. The van der Waals surface area contributed by atoms with E-state index in [1.165, 1.54) is 25.7 Å². The van der Waals surface area contributed by atoms with Crippen LogP contribution in [-0.4, -0.2) is 42.4 Å². The molecule has 1 aliphatic heterocycles. The quantitative estimate of drug-likeness (QED) is 0.823. The van der Waals surface area contributed by atoms with E-state index in [0.29, 0.717) is 13.0 Å². The van der Waals surface area contributed by atoms with Gasteiger partial charge in [-0.3, -0.25) is 0 Å². The Morgan fingerprint density at radius 3 is 2.27 bits per heavy atom. The highest BCUT2D eigenvalue weighted by Crippen LogP contribution is 2.22. The molecule has 126 valence electrons. The molecule has 0 bridgehead atoms. The summed E-state index contributed by atoms with van der Waals surface area (Å²) in [5.74, 6) is 0.972. The lowest BCUT2D eigenvalue weighted by molar-refractivity contribution is 0.0924. The van der Waals surface area contributed by atoms with Crippen molar-refractivity contribution in [2.45, 2.75) is 52.1 Å². The Bertz CT molecular complexity index is 411. The number of para-hydroxylation sites is 1. The van der Waals surface area contributed by atoms with Crippen LogP contribution in [0.2, 0.25) is 0 Å². The average molecular weight is 372 g/mol. The van der Waals surface area contributed by atoms with Crippen LogP contribution in [0.3, 0.4) is 0 Å². The third-order valence-corrected chi connectivity index (χ3v) is 4.27. The summed E-state index contributed by atoms with van der Waals surface area (Å²) in [6, 6.07) is 6.18. The summed E-state index contributed by atoms with van der Waals surface area (Å²) in [6.45, 7) is 7.77. The first-order valence-corrected chi connectivity index (χ1v) is 8.26. The minimum absolute atomic E-state index is 0. The molecular weight excluding hydrogens is 342 g/mol. The van der Waals surface area contributed by atoms with Crippen molar-refractivity contribution in [3.8, 4) is 5.75 Å². The Balaban J connectivity index is 0.00000242. The summed E-state index contributed by atoms with van der Waals surface area (Å²) < 4.78 is 5.87. The Morgan fingerprint density at radius 2 is 1.68 bits per heavy atom. The fraction of sp³-hybridized carbons (Fsp3) is 0.667. The van der Waals surface area contributed by atoms with E-state index in [1.807, 2.05) is 6.07 Å². The van der Waals surface area contributed by atoms with Crippen molar-refractivity contribution in [3.63, 3.8) is 0 Å². The fourth-order valence-electron chi connectivity index (χ4n) is 3.03. The molecule has 1 atom stereocenters. The third-order valence-electron chi connectivity index (χ3n) is 4.27. The summed E-state index contributed by atoms with van der Waals surface area (Å²) in [4.78, 5) is 2.40. The van der Waals surface area contributed by atoms with E-state index in [2.05, 4.69) is 30.9 Å². The van der Waals surface area contributed by atoms with Gasteiger partial charge in [0.15, 0.2) is 0 Å². The molecule has 0 radical (unpaired) electrons. The van der Waals surface area contributed by atoms with Crippen molar-refractivity contribution in [1.82, 2.24) is 4.90 Å². The van der Waals surface area contributed by atoms with Crippen LogP contribution >= 0.6 is 17.0 Å². The first-order valence-electron chi connectivity index (χ1n) is 8.26. The Kier molecular flexibility index (Phi) is 9.06. The lowest BCUT2D eigenvalue weighted by Crippen LogP contribution is -2.34. The average Bonchev–Trinajstić information content (AvgIpc) is 2.71. The van der Waals surface area contributed by atoms with Crippen molar-refractivity contribution in [2.24, 2.45) is 0 Å². The zero-order chi connectivity index (χ0) is 15.1. The van der Waals surface area contributed by atoms with E-state index >= 15 is 0 Å². The van der Waals surface area contributed by atoms with Gasteiger partial charge in [0.1, 0.15) is 5.75 Å². The SMILES string of the molecule is Br.Cc1cccc(C)c1OCC[C@H](O)CN1CCCCCC1. The van der Waals surface area contributed by atoms with Gasteiger partial charge in [0.25, 0.3) is 0 Å². The summed E-state index contributed by atoms with van der Waals surface area (Å²) in [6.07, 6.45) is 5.62. The van der Waals surface area contributed by atoms with Crippen LogP contribution in [0.1, 0.15) is 43.2 Å². The normalized spacial score (nSPS) is 17.4. The molecule has 1 aromatic carbocycles. The van der Waals surface area contributed by atoms with E-state index in [1.54, 1.807) is 0 Å². The standard InChI is InChI=1S/C18H29NO2.BrH/c1-15-8-7-9-16(2)18(15)21-13-10-17(20)14-19-11-5-3-4-6-12-19;/h7-9,17,20H,3-6,10-14H2,1-2H3;1H/t17-;/m0./s1. The predicted molar refractivity (Wildman–Crippen MR) is 97.3 cm³/mol. The first kappa shape index (κ1) is 19.5. The first-order chi connectivity index (χ1) is 10.2. The van der Waals surface area contributed by atoms with Crippen molar-refractivity contribution in [1.29, 1.82) is 0 Å². The predicted octanol–water partition coefficient (Wildman–Crippen LogP) is 3.89. The van der Waals surface area contributed by atoms with Crippen LogP contribution in [-0.2, 0) is 0 Å². The Morgan fingerprint density at radius 1 is 1.09 bits per heavy atom. The van der Waals surface area contributed by atoms with Crippen LogP contribution in [0.25, 0.3) is 0 Å². The molecule has 0 amide bonds. The smallest absolute Gasteiger partial charge is 0.125 e. The number of ether oxygens (including phenoxy) is 1. The summed E-state index contributed by atoms with van der Waals surface area (Å²) >= 11 is 0. The van der Waals surface area contributed by atoms with E-state index in [0.717, 1.165) is 36.5 Å². The van der Waals surface area contributed by atoms with Gasteiger partial charge in [-0.25, -0.2) is 0 Å². The van der Waals surface area contributed by atoms with Crippen LogP contribution in [0.15, 0.2) is 18.2 Å². The van der Waals surface area contributed by atoms with Gasteiger partial charge in [0.2, 0.25) is 0 Å². The van der Waals surface area contributed by atoms with E-state index in [-0.39, 0.29) is 23.1 Å². The molecule has 0 spiro atoms. The maximum absolute atomic E-state index is 10.2. The van der Waals surface area contributed by atoms with Gasteiger partial charge in [-0.15, -0.1) is 17.0 Å². The van der Waals surface area contributed by atoms with E-state index in [9.17, 15) is 5.11 Å². The highest BCUT2D eigenvalue weighted by atomic mass is 79.9. The van der Waals surface area contributed by atoms with Crippen LogP contribution < -0.4 is 4.74 Å². The number of benzene rings is 1. The molecule has 3 nitrogen and oxygen atoms in total. The molecule has 0 aromatic heterocycles. The second-order valence-corrected chi connectivity index (χ2v) is 6.23. The number of halogens is 1. The fourth-order valence-corrected chi connectivity index (χ4v) is 3.03. The second kappa shape index (κ2) is 10.2. The molecule has 0 saturated carbocycles. The molecule has 1 heterocycles. The number of aryl methyl sites for hydroxylation is 2. The molecule has 1 aromatic rings. The van der Waals surface area contributed by atoms with Crippen LogP contribution in [0, 0.1) is 13.8 Å². The van der Waals surface area contributed by atoms with Gasteiger partial charge in [-0.2, -0.15) is 0 Å². The summed E-state index contributed by atoms with van der Waals surface area (Å²) in [5.41, 5.74) is 2.33. The molecule has 1 saturated heterocycles.